The fourth-order valence-electron chi connectivity index (χ4n) is 2.35. The van der Waals surface area contributed by atoms with Crippen LogP contribution in [-0.4, -0.2) is 58.9 Å². The van der Waals surface area contributed by atoms with Gasteiger partial charge in [-0.15, -0.1) is 0 Å². The van der Waals surface area contributed by atoms with Gasteiger partial charge in [0.15, 0.2) is 0 Å². The molecule has 98 valence electrons. The lowest BCUT2D eigenvalue weighted by Gasteiger charge is -2.32. The number of amides is 1. The first-order valence-corrected chi connectivity index (χ1v) is 6.36. The summed E-state index contributed by atoms with van der Waals surface area (Å²) in [5, 5.41) is 0. The highest BCUT2D eigenvalue weighted by Crippen LogP contribution is 2.15. The van der Waals surface area contributed by atoms with Gasteiger partial charge in [0.1, 0.15) is 5.82 Å². The Labute approximate surface area is 112 Å². The Morgan fingerprint density at radius 1 is 1.32 bits per heavy atom. The number of piperazine rings is 1. The van der Waals surface area contributed by atoms with Crippen LogP contribution in [0.2, 0.25) is 0 Å². The van der Waals surface area contributed by atoms with Crippen molar-refractivity contribution in [3.05, 3.63) is 36.5 Å². The Kier molecular flexibility index (Phi) is 2.98. The Hall–Kier alpha value is -1.88. The third-order valence-corrected chi connectivity index (χ3v) is 3.54. The van der Waals surface area contributed by atoms with Crippen LogP contribution >= 0.6 is 0 Å². The Morgan fingerprint density at radius 2 is 2.05 bits per heavy atom. The van der Waals surface area contributed by atoms with E-state index in [0.717, 1.165) is 37.2 Å². The molecule has 0 bridgehead atoms. The second kappa shape index (κ2) is 4.66. The summed E-state index contributed by atoms with van der Waals surface area (Å²) in [5.41, 5.74) is 2.27. The maximum atomic E-state index is 12.4. The third kappa shape index (κ3) is 2.33. The molecule has 1 aromatic heterocycles. The van der Waals surface area contributed by atoms with Gasteiger partial charge in [0.2, 0.25) is 0 Å². The number of fused-ring (bicyclic) bond motifs is 1. The lowest BCUT2D eigenvalue weighted by Crippen LogP contribution is -2.47. The Morgan fingerprint density at radius 3 is 2.79 bits per heavy atom. The molecule has 19 heavy (non-hydrogen) atoms. The normalized spacial score (nSPS) is 17.1. The molecule has 5 heteroatoms. The summed E-state index contributed by atoms with van der Waals surface area (Å²) in [5.74, 6) is 0.447. The van der Waals surface area contributed by atoms with Crippen LogP contribution in [0.25, 0.3) is 11.0 Å². The zero-order chi connectivity index (χ0) is 13.4. The number of hydrogen-bond donors (Lipinski definition) is 1. The number of carbonyl (C=O) groups is 1. The van der Waals surface area contributed by atoms with Crippen LogP contribution in [0.5, 0.6) is 0 Å². The molecular weight excluding hydrogens is 240 g/mol. The molecule has 3 rings (SSSR count). The minimum atomic E-state index is 0.0724. The highest BCUT2D eigenvalue weighted by molar-refractivity contribution is 5.97. The van der Waals surface area contributed by atoms with E-state index in [1.165, 1.54) is 0 Å². The van der Waals surface area contributed by atoms with Crippen LogP contribution in [0.4, 0.5) is 0 Å². The van der Waals surface area contributed by atoms with Gasteiger partial charge in [-0.05, 0) is 25.2 Å². The summed E-state index contributed by atoms with van der Waals surface area (Å²) in [6, 6.07) is 5.45. The van der Waals surface area contributed by atoms with E-state index < -0.39 is 0 Å². The minimum Gasteiger partial charge on any atom is -0.342 e. The van der Waals surface area contributed by atoms with Crippen molar-refractivity contribution in [3.8, 4) is 0 Å². The van der Waals surface area contributed by atoms with Gasteiger partial charge < -0.3 is 14.8 Å². The molecule has 0 aliphatic carbocycles. The van der Waals surface area contributed by atoms with Gasteiger partial charge in [0, 0.05) is 38.7 Å². The predicted molar refractivity (Wildman–Crippen MR) is 72.9 cm³/mol. The van der Waals surface area contributed by atoms with E-state index in [-0.39, 0.29) is 5.91 Å². The number of carbonyl (C=O) groups excluding carboxylic acids is 1. The van der Waals surface area contributed by atoms with E-state index >= 15 is 0 Å². The van der Waals surface area contributed by atoms with Crippen molar-refractivity contribution in [2.45, 2.75) is 0 Å². The molecular formula is C14H16N4O. The monoisotopic (exact) mass is 256 g/mol. The van der Waals surface area contributed by atoms with Crippen molar-refractivity contribution >= 4 is 16.9 Å². The number of nitrogens with zero attached hydrogens (tertiary/aromatic N) is 3. The third-order valence-electron chi connectivity index (χ3n) is 3.54. The van der Waals surface area contributed by atoms with Gasteiger partial charge in [-0.1, -0.05) is 0 Å². The standard InChI is InChI=1S/C14H16N4O/c1-10-15-12-4-3-11(9-13(12)16-10)14(19)18-7-5-17(2)6-8-18/h1,3-4,9H,5-8H2,2H3,(H,15,16). The number of H-pyrrole nitrogens is 1. The zero-order valence-corrected chi connectivity index (χ0v) is 10.9. The van der Waals surface area contributed by atoms with E-state index in [9.17, 15) is 4.79 Å². The zero-order valence-electron chi connectivity index (χ0n) is 10.9. The maximum absolute atomic E-state index is 12.4. The quantitative estimate of drug-likeness (QED) is 0.828. The van der Waals surface area contributed by atoms with Gasteiger partial charge in [-0.2, -0.15) is 0 Å². The van der Waals surface area contributed by atoms with Crippen molar-refractivity contribution in [1.29, 1.82) is 0 Å². The Balaban J connectivity index is 1.84. The summed E-state index contributed by atoms with van der Waals surface area (Å²) in [7, 11) is 2.07. The number of imidazole rings is 1. The first-order valence-electron chi connectivity index (χ1n) is 6.36. The molecule has 1 fully saturated rings. The highest BCUT2D eigenvalue weighted by Gasteiger charge is 2.20. The fourth-order valence-corrected chi connectivity index (χ4v) is 2.35. The topological polar surface area (TPSA) is 52.2 Å². The van der Waals surface area contributed by atoms with E-state index in [0.29, 0.717) is 11.4 Å². The van der Waals surface area contributed by atoms with Crippen LogP contribution in [0, 0.1) is 6.92 Å². The van der Waals surface area contributed by atoms with Crippen molar-refractivity contribution in [2.24, 2.45) is 0 Å². The first kappa shape index (κ1) is 12.2. The maximum Gasteiger partial charge on any atom is 0.254 e. The molecule has 0 unspecified atom stereocenters. The summed E-state index contributed by atoms with van der Waals surface area (Å²) in [6.45, 7) is 9.00. The lowest BCUT2D eigenvalue weighted by atomic mass is 10.1. The second-order valence-electron chi connectivity index (χ2n) is 4.95. The molecule has 1 aromatic carbocycles. The molecule has 2 heterocycles. The van der Waals surface area contributed by atoms with Crippen LogP contribution in [-0.2, 0) is 0 Å². The number of likely N-dealkylation sites (N-methyl/N-ethyl adjacent to an activating group) is 1. The summed E-state index contributed by atoms with van der Waals surface area (Å²) in [6.07, 6.45) is 0. The van der Waals surface area contributed by atoms with Crippen molar-refractivity contribution < 1.29 is 4.79 Å². The molecule has 1 aliphatic heterocycles. The van der Waals surface area contributed by atoms with Gasteiger partial charge in [0.05, 0.1) is 11.0 Å². The van der Waals surface area contributed by atoms with E-state index in [4.69, 9.17) is 6.92 Å². The van der Waals surface area contributed by atoms with Crippen molar-refractivity contribution in [3.63, 3.8) is 0 Å². The average Bonchev–Trinajstić information content (AvgIpc) is 2.77. The molecule has 0 saturated carbocycles. The second-order valence-corrected chi connectivity index (χ2v) is 4.95. The molecule has 1 N–H and O–H groups in total. The van der Waals surface area contributed by atoms with Crippen LogP contribution in [0.1, 0.15) is 16.2 Å². The van der Waals surface area contributed by atoms with Crippen molar-refractivity contribution in [2.75, 3.05) is 33.2 Å². The Bertz CT molecular complexity index is 611. The molecule has 0 atom stereocenters. The number of aromatic nitrogens is 2. The SMILES string of the molecule is [CH]c1nc2ccc(C(=O)N3CCN(C)CC3)cc2[nH]1. The molecule has 1 saturated heterocycles. The lowest BCUT2D eigenvalue weighted by molar-refractivity contribution is 0.0664. The summed E-state index contributed by atoms with van der Waals surface area (Å²) in [4.78, 5) is 23.6. The summed E-state index contributed by atoms with van der Waals surface area (Å²) >= 11 is 0. The number of rotatable bonds is 1. The largest absolute Gasteiger partial charge is 0.342 e. The van der Waals surface area contributed by atoms with Crippen molar-refractivity contribution in [1.82, 2.24) is 19.8 Å². The smallest absolute Gasteiger partial charge is 0.254 e. The van der Waals surface area contributed by atoms with E-state index in [2.05, 4.69) is 21.9 Å². The highest BCUT2D eigenvalue weighted by atomic mass is 16.2. The van der Waals surface area contributed by atoms with E-state index in [1.807, 2.05) is 23.1 Å². The van der Waals surface area contributed by atoms with Gasteiger partial charge in [0.25, 0.3) is 5.91 Å². The molecule has 0 spiro atoms. The number of hydrogen-bond acceptors (Lipinski definition) is 3. The van der Waals surface area contributed by atoms with Gasteiger partial charge in [-0.25, -0.2) is 4.98 Å². The van der Waals surface area contributed by atoms with Crippen LogP contribution in [0.3, 0.4) is 0 Å². The minimum absolute atomic E-state index is 0.0724. The van der Waals surface area contributed by atoms with E-state index in [1.54, 1.807) is 0 Å². The number of benzene rings is 1. The van der Waals surface area contributed by atoms with Gasteiger partial charge in [-0.3, -0.25) is 4.79 Å². The number of nitrogens with one attached hydrogen (secondary N) is 1. The first-order chi connectivity index (χ1) is 9.13. The molecule has 1 aliphatic rings. The van der Waals surface area contributed by atoms with Crippen LogP contribution < -0.4 is 0 Å². The van der Waals surface area contributed by atoms with Gasteiger partial charge >= 0.3 is 0 Å². The molecule has 5 nitrogen and oxygen atoms in total. The fraction of sp³-hybridized carbons (Fsp3) is 0.357. The molecule has 2 aromatic rings. The van der Waals surface area contributed by atoms with Crippen LogP contribution in [0.15, 0.2) is 18.2 Å². The average molecular weight is 256 g/mol. The summed E-state index contributed by atoms with van der Waals surface area (Å²) < 4.78 is 0. The molecule has 2 radical (unpaired) electrons. The number of aromatic amines is 1. The molecule has 1 amide bonds. The predicted octanol–water partition coefficient (Wildman–Crippen LogP) is 1.01.